The molecule has 1 amide bonds. The third kappa shape index (κ3) is 5.57. The van der Waals surface area contributed by atoms with E-state index >= 15 is 0 Å². The van der Waals surface area contributed by atoms with E-state index in [4.69, 9.17) is 19.9 Å². The summed E-state index contributed by atoms with van der Waals surface area (Å²) in [4.78, 5) is 24.4. The van der Waals surface area contributed by atoms with Crippen LogP contribution in [0, 0.1) is 10.1 Å². The first kappa shape index (κ1) is 19.9. The van der Waals surface area contributed by atoms with E-state index in [0.29, 0.717) is 32.0 Å². The predicted octanol–water partition coefficient (Wildman–Crippen LogP) is 1.34. The van der Waals surface area contributed by atoms with Crippen molar-refractivity contribution in [2.75, 3.05) is 40.0 Å². The summed E-state index contributed by atoms with van der Waals surface area (Å²) >= 11 is 0. The number of likely N-dealkylation sites (tertiary alicyclic amines) is 1. The van der Waals surface area contributed by atoms with Crippen LogP contribution in [-0.2, 0) is 9.53 Å². The minimum absolute atomic E-state index is 0.0930. The van der Waals surface area contributed by atoms with Crippen molar-refractivity contribution in [3.63, 3.8) is 0 Å². The zero-order chi connectivity index (χ0) is 18.9. The molecule has 1 aliphatic heterocycles. The van der Waals surface area contributed by atoms with Crippen molar-refractivity contribution in [2.45, 2.75) is 25.4 Å². The summed E-state index contributed by atoms with van der Waals surface area (Å²) in [6.45, 7) is 2.39. The zero-order valence-electron chi connectivity index (χ0n) is 14.9. The quantitative estimate of drug-likeness (QED) is 0.397. The molecule has 144 valence electrons. The Morgan fingerprint density at radius 2 is 2.12 bits per heavy atom. The van der Waals surface area contributed by atoms with Gasteiger partial charge in [0.15, 0.2) is 6.61 Å². The minimum atomic E-state index is -0.534. The van der Waals surface area contributed by atoms with E-state index in [1.54, 1.807) is 4.90 Å². The molecule has 0 aliphatic carbocycles. The van der Waals surface area contributed by atoms with Crippen LogP contribution >= 0.6 is 0 Å². The largest absolute Gasteiger partial charge is 0.490 e. The Hall–Kier alpha value is -2.39. The van der Waals surface area contributed by atoms with Crippen LogP contribution in [0.5, 0.6) is 11.5 Å². The number of benzene rings is 1. The Morgan fingerprint density at radius 3 is 2.73 bits per heavy atom. The van der Waals surface area contributed by atoms with Crippen LogP contribution in [0.15, 0.2) is 18.2 Å². The van der Waals surface area contributed by atoms with Crippen LogP contribution in [0.3, 0.4) is 0 Å². The van der Waals surface area contributed by atoms with Crippen LogP contribution in [0.1, 0.15) is 19.3 Å². The molecule has 2 N–H and O–H groups in total. The number of rotatable bonds is 9. The van der Waals surface area contributed by atoms with Crippen LogP contribution in [0.2, 0.25) is 0 Å². The molecule has 9 heteroatoms. The number of piperidine rings is 1. The monoisotopic (exact) mass is 367 g/mol. The molecule has 1 aromatic carbocycles. The lowest BCUT2D eigenvalue weighted by atomic mass is 10.1. The molecule has 0 radical (unpaired) electrons. The first-order chi connectivity index (χ1) is 12.5. The van der Waals surface area contributed by atoms with Gasteiger partial charge < -0.3 is 24.8 Å². The average Bonchev–Trinajstić information content (AvgIpc) is 2.66. The third-order valence-corrected chi connectivity index (χ3v) is 4.21. The highest BCUT2D eigenvalue weighted by atomic mass is 16.6. The molecule has 1 saturated heterocycles. The Bertz CT molecular complexity index is 617. The van der Waals surface area contributed by atoms with Gasteiger partial charge in [0, 0.05) is 31.8 Å². The lowest BCUT2D eigenvalue weighted by Crippen LogP contribution is -2.43. The second-order valence-corrected chi connectivity index (χ2v) is 5.97. The number of nitro benzene ring substituents is 1. The molecular formula is C17H25N3O6. The number of nitro groups is 1. The predicted molar refractivity (Wildman–Crippen MR) is 94.4 cm³/mol. The molecule has 0 unspecified atom stereocenters. The highest BCUT2D eigenvalue weighted by Crippen LogP contribution is 2.30. The highest BCUT2D eigenvalue weighted by molar-refractivity contribution is 5.77. The van der Waals surface area contributed by atoms with Gasteiger partial charge in [-0.15, -0.1) is 0 Å². The molecule has 9 nitrogen and oxygen atoms in total. The van der Waals surface area contributed by atoms with Crippen LogP contribution in [-0.4, -0.2) is 61.8 Å². The van der Waals surface area contributed by atoms with Crippen molar-refractivity contribution >= 4 is 11.6 Å². The number of carbonyl (C=O) groups excluding carboxylic acids is 1. The molecule has 0 atom stereocenters. The van der Waals surface area contributed by atoms with E-state index in [1.807, 2.05) is 0 Å². The van der Waals surface area contributed by atoms with Gasteiger partial charge in [-0.2, -0.15) is 0 Å². The van der Waals surface area contributed by atoms with E-state index in [9.17, 15) is 14.9 Å². The minimum Gasteiger partial charge on any atom is -0.490 e. The number of hydrogen-bond acceptors (Lipinski definition) is 7. The van der Waals surface area contributed by atoms with E-state index in [-0.39, 0.29) is 30.1 Å². The van der Waals surface area contributed by atoms with Gasteiger partial charge in [-0.25, -0.2) is 0 Å². The van der Waals surface area contributed by atoms with E-state index in [2.05, 4.69) is 0 Å². The van der Waals surface area contributed by atoms with Crippen LogP contribution in [0.4, 0.5) is 5.69 Å². The molecule has 0 bridgehead atoms. The maximum atomic E-state index is 12.3. The molecule has 0 saturated carbocycles. The Balaban J connectivity index is 1.79. The van der Waals surface area contributed by atoms with Gasteiger partial charge in [0.05, 0.1) is 18.1 Å². The SMILES string of the molecule is COc1cc(OCC(=O)N2CCC(OCCCN)CC2)ccc1[N+](=O)[O-]. The molecule has 2 rings (SSSR count). The molecular weight excluding hydrogens is 342 g/mol. The Morgan fingerprint density at radius 1 is 1.38 bits per heavy atom. The van der Waals surface area contributed by atoms with Crippen molar-refractivity contribution in [3.05, 3.63) is 28.3 Å². The van der Waals surface area contributed by atoms with E-state index in [0.717, 1.165) is 19.3 Å². The van der Waals surface area contributed by atoms with Crippen LogP contribution in [0.25, 0.3) is 0 Å². The zero-order valence-corrected chi connectivity index (χ0v) is 14.9. The number of nitrogens with zero attached hydrogens (tertiary/aromatic N) is 2. The molecule has 1 fully saturated rings. The summed E-state index contributed by atoms with van der Waals surface area (Å²) in [5, 5.41) is 10.9. The van der Waals surface area contributed by atoms with E-state index < -0.39 is 4.92 Å². The van der Waals surface area contributed by atoms with Gasteiger partial charge in [-0.3, -0.25) is 14.9 Å². The number of hydrogen-bond donors (Lipinski definition) is 1. The molecule has 1 aromatic rings. The molecule has 1 heterocycles. The van der Waals surface area contributed by atoms with Gasteiger partial charge >= 0.3 is 5.69 Å². The molecule has 0 spiro atoms. The standard InChI is InChI=1S/C17H25N3O6/c1-24-16-11-14(3-4-15(16)20(22)23)26-12-17(21)19-8-5-13(6-9-19)25-10-2-7-18/h3-4,11,13H,2,5-10,12,18H2,1H3. The van der Waals surface area contributed by atoms with Crippen molar-refractivity contribution in [1.29, 1.82) is 0 Å². The second kappa shape index (κ2) is 9.93. The average molecular weight is 367 g/mol. The fourth-order valence-corrected chi connectivity index (χ4v) is 2.74. The fraction of sp³-hybridized carbons (Fsp3) is 0.588. The molecule has 0 aromatic heterocycles. The Kier molecular flexibility index (Phi) is 7.61. The molecule has 1 aliphatic rings. The lowest BCUT2D eigenvalue weighted by molar-refractivity contribution is -0.385. The highest BCUT2D eigenvalue weighted by Gasteiger charge is 2.23. The summed E-state index contributed by atoms with van der Waals surface area (Å²) in [7, 11) is 1.34. The van der Waals surface area contributed by atoms with Crippen molar-refractivity contribution in [2.24, 2.45) is 5.73 Å². The summed E-state index contributed by atoms with van der Waals surface area (Å²) < 4.78 is 16.2. The fourth-order valence-electron chi connectivity index (χ4n) is 2.74. The van der Waals surface area contributed by atoms with Gasteiger partial charge in [-0.1, -0.05) is 0 Å². The normalized spacial score (nSPS) is 14.9. The van der Waals surface area contributed by atoms with Gasteiger partial charge in [0.1, 0.15) is 5.75 Å². The molecule has 26 heavy (non-hydrogen) atoms. The summed E-state index contributed by atoms with van der Waals surface area (Å²) in [5.41, 5.74) is 5.29. The van der Waals surface area contributed by atoms with Crippen molar-refractivity contribution < 1.29 is 23.9 Å². The number of carbonyl (C=O) groups is 1. The summed E-state index contributed by atoms with van der Waals surface area (Å²) in [6.07, 6.45) is 2.60. The smallest absolute Gasteiger partial charge is 0.311 e. The maximum absolute atomic E-state index is 12.3. The maximum Gasteiger partial charge on any atom is 0.311 e. The summed E-state index contributed by atoms with van der Waals surface area (Å²) in [6, 6.07) is 4.15. The van der Waals surface area contributed by atoms with Crippen LogP contribution < -0.4 is 15.2 Å². The van der Waals surface area contributed by atoms with Gasteiger partial charge in [0.2, 0.25) is 5.75 Å². The summed E-state index contributed by atoms with van der Waals surface area (Å²) in [5.74, 6) is 0.318. The number of amides is 1. The first-order valence-corrected chi connectivity index (χ1v) is 8.59. The number of methoxy groups -OCH3 is 1. The first-order valence-electron chi connectivity index (χ1n) is 8.59. The van der Waals surface area contributed by atoms with Gasteiger partial charge in [0.25, 0.3) is 5.91 Å². The third-order valence-electron chi connectivity index (χ3n) is 4.21. The second-order valence-electron chi connectivity index (χ2n) is 5.97. The van der Waals surface area contributed by atoms with Crippen molar-refractivity contribution in [1.82, 2.24) is 4.90 Å². The topological polar surface area (TPSA) is 117 Å². The number of ether oxygens (including phenoxy) is 3. The lowest BCUT2D eigenvalue weighted by Gasteiger charge is -2.31. The van der Waals surface area contributed by atoms with Gasteiger partial charge in [-0.05, 0) is 31.9 Å². The number of nitrogens with two attached hydrogens (primary N) is 1. The van der Waals surface area contributed by atoms with Crippen molar-refractivity contribution in [3.8, 4) is 11.5 Å². The van der Waals surface area contributed by atoms with E-state index in [1.165, 1.54) is 25.3 Å². The Labute approximate surface area is 152 Å².